The second-order valence-electron chi connectivity index (χ2n) is 4.84. The molecule has 6 nitrogen and oxygen atoms in total. The van der Waals surface area contributed by atoms with E-state index < -0.39 is 6.04 Å². The second-order valence-corrected chi connectivity index (χ2v) is 4.84. The fourth-order valence-corrected chi connectivity index (χ4v) is 1.91. The van der Waals surface area contributed by atoms with Crippen LogP contribution in [0.3, 0.4) is 0 Å². The lowest BCUT2D eigenvalue weighted by Crippen LogP contribution is -2.46. The maximum Gasteiger partial charge on any atom is 0.246 e. The van der Waals surface area contributed by atoms with Crippen molar-refractivity contribution in [3.05, 3.63) is 0 Å². The van der Waals surface area contributed by atoms with Crippen LogP contribution in [0.15, 0.2) is 0 Å². The average molecular weight is 271 g/mol. The van der Waals surface area contributed by atoms with Crippen LogP contribution < -0.4 is 16.0 Å². The van der Waals surface area contributed by atoms with E-state index in [9.17, 15) is 9.59 Å². The summed E-state index contributed by atoms with van der Waals surface area (Å²) in [7, 11) is 0. The maximum atomic E-state index is 11.6. The highest BCUT2D eigenvalue weighted by Gasteiger charge is 2.17. The topological polar surface area (TPSA) is 79.5 Å². The van der Waals surface area contributed by atoms with Crippen molar-refractivity contribution in [2.45, 2.75) is 45.3 Å². The summed E-state index contributed by atoms with van der Waals surface area (Å²) in [4.78, 5) is 23.2. The van der Waals surface area contributed by atoms with Gasteiger partial charge in [0.05, 0.1) is 6.10 Å². The van der Waals surface area contributed by atoms with Crippen molar-refractivity contribution in [2.75, 3.05) is 26.2 Å². The van der Waals surface area contributed by atoms with Crippen LogP contribution in [0, 0.1) is 0 Å². The summed E-state index contributed by atoms with van der Waals surface area (Å²) in [6.45, 7) is 6.18. The lowest BCUT2D eigenvalue weighted by atomic mass is 10.1. The molecule has 19 heavy (non-hydrogen) atoms. The molecule has 0 radical (unpaired) electrons. The van der Waals surface area contributed by atoms with Crippen molar-refractivity contribution in [1.82, 2.24) is 16.0 Å². The Bertz CT molecular complexity index is 291. The van der Waals surface area contributed by atoms with E-state index in [-0.39, 0.29) is 24.5 Å². The van der Waals surface area contributed by atoms with Crippen LogP contribution in [-0.4, -0.2) is 50.2 Å². The van der Waals surface area contributed by atoms with Crippen LogP contribution >= 0.6 is 0 Å². The molecule has 3 N–H and O–H groups in total. The van der Waals surface area contributed by atoms with E-state index in [4.69, 9.17) is 4.74 Å². The standard InChI is InChI=1S/C13H25N3O3/c1-3-6-15-13(18)10(2)16-12(17)9-19-11-4-7-14-8-5-11/h10-11,14H,3-9H2,1-2H3,(H,15,18)(H,16,17). The molecule has 1 fully saturated rings. The zero-order valence-electron chi connectivity index (χ0n) is 11.8. The monoisotopic (exact) mass is 271 g/mol. The number of carbonyl (C=O) groups is 2. The predicted molar refractivity (Wildman–Crippen MR) is 72.7 cm³/mol. The molecule has 0 aromatic carbocycles. The van der Waals surface area contributed by atoms with Gasteiger partial charge in [-0.1, -0.05) is 6.92 Å². The van der Waals surface area contributed by atoms with Crippen molar-refractivity contribution in [3.8, 4) is 0 Å². The van der Waals surface area contributed by atoms with Crippen LogP contribution in [0.4, 0.5) is 0 Å². The van der Waals surface area contributed by atoms with Gasteiger partial charge >= 0.3 is 0 Å². The predicted octanol–water partition coefficient (Wildman–Crippen LogP) is -0.214. The maximum absolute atomic E-state index is 11.6. The number of carbonyl (C=O) groups excluding carboxylic acids is 2. The normalized spacial score (nSPS) is 17.8. The van der Waals surface area contributed by atoms with Gasteiger partial charge in [0.15, 0.2) is 0 Å². The second kappa shape index (κ2) is 8.87. The Hall–Kier alpha value is -1.14. The van der Waals surface area contributed by atoms with E-state index in [1.807, 2.05) is 6.92 Å². The van der Waals surface area contributed by atoms with Crippen LogP contribution in [-0.2, 0) is 14.3 Å². The molecule has 0 bridgehead atoms. The summed E-state index contributed by atoms with van der Waals surface area (Å²) in [5, 5.41) is 8.61. The molecule has 1 rings (SSSR count). The number of nitrogens with one attached hydrogen (secondary N) is 3. The van der Waals surface area contributed by atoms with E-state index in [0.29, 0.717) is 6.54 Å². The summed E-state index contributed by atoms with van der Waals surface area (Å²) in [6, 6.07) is -0.518. The van der Waals surface area contributed by atoms with E-state index in [1.165, 1.54) is 0 Å². The van der Waals surface area contributed by atoms with Crippen molar-refractivity contribution in [1.29, 1.82) is 0 Å². The minimum absolute atomic E-state index is 0.0239. The highest BCUT2D eigenvalue weighted by molar-refractivity contribution is 5.87. The van der Waals surface area contributed by atoms with Crippen LogP contribution in [0.25, 0.3) is 0 Å². The van der Waals surface area contributed by atoms with Gasteiger partial charge in [-0.2, -0.15) is 0 Å². The van der Waals surface area contributed by atoms with Crippen molar-refractivity contribution in [3.63, 3.8) is 0 Å². The molecule has 110 valence electrons. The van der Waals surface area contributed by atoms with Gasteiger partial charge < -0.3 is 20.7 Å². The number of amides is 2. The smallest absolute Gasteiger partial charge is 0.246 e. The third kappa shape index (κ3) is 6.54. The van der Waals surface area contributed by atoms with E-state index in [1.54, 1.807) is 6.92 Å². The molecular formula is C13H25N3O3. The molecule has 0 aliphatic carbocycles. The molecule has 1 saturated heterocycles. The zero-order valence-corrected chi connectivity index (χ0v) is 11.8. The average Bonchev–Trinajstić information content (AvgIpc) is 2.43. The summed E-state index contributed by atoms with van der Waals surface area (Å²) in [6.07, 6.45) is 2.89. The zero-order chi connectivity index (χ0) is 14.1. The largest absolute Gasteiger partial charge is 0.368 e. The Balaban J connectivity index is 2.16. The minimum Gasteiger partial charge on any atom is -0.368 e. The molecule has 1 atom stereocenters. The van der Waals surface area contributed by atoms with Crippen molar-refractivity contribution in [2.24, 2.45) is 0 Å². The molecule has 1 heterocycles. The van der Waals surface area contributed by atoms with Crippen LogP contribution in [0.1, 0.15) is 33.1 Å². The first-order valence-electron chi connectivity index (χ1n) is 7.03. The molecular weight excluding hydrogens is 246 g/mol. The first kappa shape index (κ1) is 15.9. The Morgan fingerprint density at radius 2 is 2.05 bits per heavy atom. The molecule has 0 spiro atoms. The lowest BCUT2D eigenvalue weighted by molar-refractivity contribution is -0.132. The number of hydrogen-bond acceptors (Lipinski definition) is 4. The highest BCUT2D eigenvalue weighted by atomic mass is 16.5. The van der Waals surface area contributed by atoms with E-state index >= 15 is 0 Å². The van der Waals surface area contributed by atoms with E-state index in [0.717, 1.165) is 32.4 Å². The Labute approximate surface area is 114 Å². The molecule has 1 aliphatic rings. The van der Waals surface area contributed by atoms with Gasteiger partial charge in [-0.25, -0.2) is 0 Å². The summed E-state index contributed by atoms with van der Waals surface area (Å²) in [5.74, 6) is -0.394. The summed E-state index contributed by atoms with van der Waals surface area (Å²) >= 11 is 0. The van der Waals surface area contributed by atoms with E-state index in [2.05, 4.69) is 16.0 Å². The highest BCUT2D eigenvalue weighted by Crippen LogP contribution is 2.06. The molecule has 2 amide bonds. The van der Waals surface area contributed by atoms with Crippen molar-refractivity contribution < 1.29 is 14.3 Å². The van der Waals surface area contributed by atoms with Gasteiger partial charge in [-0.15, -0.1) is 0 Å². The first-order valence-corrected chi connectivity index (χ1v) is 7.03. The van der Waals surface area contributed by atoms with Gasteiger partial charge in [-0.3, -0.25) is 9.59 Å². The molecule has 0 aromatic rings. The van der Waals surface area contributed by atoms with Gasteiger partial charge in [0, 0.05) is 6.54 Å². The van der Waals surface area contributed by atoms with Gasteiger partial charge in [0.2, 0.25) is 11.8 Å². The van der Waals surface area contributed by atoms with Crippen molar-refractivity contribution >= 4 is 11.8 Å². The van der Waals surface area contributed by atoms with Crippen LogP contribution in [0.2, 0.25) is 0 Å². The fraction of sp³-hybridized carbons (Fsp3) is 0.846. The number of hydrogen-bond donors (Lipinski definition) is 3. The summed E-state index contributed by atoms with van der Waals surface area (Å²) in [5.41, 5.74) is 0. The van der Waals surface area contributed by atoms with Crippen LogP contribution in [0.5, 0.6) is 0 Å². The molecule has 1 aliphatic heterocycles. The minimum atomic E-state index is -0.518. The van der Waals surface area contributed by atoms with Gasteiger partial charge in [-0.05, 0) is 39.3 Å². The fourth-order valence-electron chi connectivity index (χ4n) is 1.91. The molecule has 6 heteroatoms. The molecule has 0 saturated carbocycles. The lowest BCUT2D eigenvalue weighted by Gasteiger charge is -2.23. The van der Waals surface area contributed by atoms with Gasteiger partial charge in [0.25, 0.3) is 0 Å². The third-order valence-corrected chi connectivity index (χ3v) is 3.06. The quantitative estimate of drug-likeness (QED) is 0.598. The van der Waals surface area contributed by atoms with Gasteiger partial charge in [0.1, 0.15) is 12.6 Å². The number of ether oxygens (including phenoxy) is 1. The first-order chi connectivity index (χ1) is 9.13. The SMILES string of the molecule is CCCNC(=O)C(C)NC(=O)COC1CCNCC1. The third-order valence-electron chi connectivity index (χ3n) is 3.06. The Morgan fingerprint density at radius 3 is 2.68 bits per heavy atom. The number of piperidine rings is 1. The molecule has 0 aromatic heterocycles. The molecule has 1 unspecified atom stereocenters. The Kier molecular flexibility index (Phi) is 7.43. The summed E-state index contributed by atoms with van der Waals surface area (Å²) < 4.78 is 5.52. The number of rotatable bonds is 7. The Morgan fingerprint density at radius 1 is 1.37 bits per heavy atom.